The Morgan fingerprint density at radius 3 is 2.38 bits per heavy atom. The molecule has 0 aliphatic carbocycles. The second-order valence-electron chi connectivity index (χ2n) is 6.41. The van der Waals surface area contributed by atoms with Gasteiger partial charge in [0.2, 0.25) is 10.0 Å². The van der Waals surface area contributed by atoms with Crippen LogP contribution in [0.25, 0.3) is 0 Å². The molecule has 1 aliphatic rings. The van der Waals surface area contributed by atoms with Gasteiger partial charge in [-0.2, -0.15) is 0 Å². The van der Waals surface area contributed by atoms with Gasteiger partial charge in [0, 0.05) is 6.42 Å². The van der Waals surface area contributed by atoms with Gasteiger partial charge in [-0.25, -0.2) is 13.6 Å². The summed E-state index contributed by atoms with van der Waals surface area (Å²) in [6.07, 6.45) is 0.632. The van der Waals surface area contributed by atoms with E-state index in [1.54, 1.807) is 6.07 Å². The Morgan fingerprint density at radius 2 is 1.95 bits per heavy atom. The summed E-state index contributed by atoms with van der Waals surface area (Å²) in [6.45, 7) is 8.02. The summed E-state index contributed by atoms with van der Waals surface area (Å²) in [7, 11) is -3.72. The first-order valence-electron chi connectivity index (χ1n) is 6.60. The van der Waals surface area contributed by atoms with Crippen molar-refractivity contribution in [2.24, 2.45) is 5.14 Å². The maximum absolute atomic E-state index is 11.3. The molecule has 0 radical (unpaired) electrons. The van der Waals surface area contributed by atoms with E-state index in [1.165, 1.54) is 12.1 Å². The van der Waals surface area contributed by atoms with E-state index in [0.717, 1.165) is 6.42 Å². The monoisotopic (exact) mass is 377 g/mol. The zero-order chi connectivity index (χ0) is 16.1. The summed E-state index contributed by atoms with van der Waals surface area (Å²) in [5.74, 6) is 0.571. The summed E-state index contributed by atoms with van der Waals surface area (Å²) < 4.78 is 35.2. The standard InChI is InChI=1S/C14H20BrNO4S/c1-13(2)8-12(14(3,4)20-13)19-11-6-5-9(7-10(11)15)21(16,17)18/h5-7,12H,8H2,1-4H3,(H2,16,17,18). The zero-order valence-electron chi connectivity index (χ0n) is 12.5. The van der Waals surface area contributed by atoms with Crippen molar-refractivity contribution in [1.82, 2.24) is 0 Å². The van der Waals surface area contributed by atoms with Gasteiger partial charge in [-0.15, -0.1) is 0 Å². The third kappa shape index (κ3) is 3.77. The molecular weight excluding hydrogens is 358 g/mol. The molecule has 0 saturated carbocycles. The average molecular weight is 378 g/mol. The molecule has 2 rings (SSSR count). The number of ether oxygens (including phenoxy) is 2. The van der Waals surface area contributed by atoms with Gasteiger partial charge in [-0.3, -0.25) is 0 Å². The van der Waals surface area contributed by atoms with Crippen LogP contribution in [0.3, 0.4) is 0 Å². The Balaban J connectivity index is 2.25. The molecule has 0 aromatic heterocycles. The molecule has 1 heterocycles. The fourth-order valence-electron chi connectivity index (χ4n) is 2.60. The molecule has 1 aliphatic heterocycles. The molecule has 1 aromatic carbocycles. The van der Waals surface area contributed by atoms with Crippen molar-refractivity contribution in [3.63, 3.8) is 0 Å². The van der Waals surface area contributed by atoms with E-state index in [4.69, 9.17) is 14.6 Å². The number of sulfonamides is 1. The van der Waals surface area contributed by atoms with Gasteiger partial charge in [0.25, 0.3) is 0 Å². The number of benzene rings is 1. The van der Waals surface area contributed by atoms with Crippen LogP contribution in [0.1, 0.15) is 34.1 Å². The summed E-state index contributed by atoms with van der Waals surface area (Å²) in [5, 5.41) is 5.11. The van der Waals surface area contributed by atoms with Crippen LogP contribution >= 0.6 is 15.9 Å². The fourth-order valence-corrected chi connectivity index (χ4v) is 3.77. The lowest BCUT2D eigenvalue weighted by molar-refractivity contribution is -0.0846. The third-order valence-corrected chi connectivity index (χ3v) is 5.02. The van der Waals surface area contributed by atoms with Crippen LogP contribution in [0, 0.1) is 0 Å². The van der Waals surface area contributed by atoms with E-state index in [9.17, 15) is 8.42 Å². The second kappa shape index (κ2) is 5.22. The fraction of sp³-hybridized carbons (Fsp3) is 0.571. The second-order valence-corrected chi connectivity index (χ2v) is 8.83. The smallest absolute Gasteiger partial charge is 0.238 e. The molecule has 1 unspecified atom stereocenters. The van der Waals surface area contributed by atoms with Crippen LogP contribution in [0.5, 0.6) is 5.75 Å². The average Bonchev–Trinajstić information content (AvgIpc) is 2.48. The van der Waals surface area contributed by atoms with Crippen LogP contribution in [0.15, 0.2) is 27.6 Å². The van der Waals surface area contributed by atoms with E-state index in [0.29, 0.717) is 10.2 Å². The Bertz CT molecular complexity index is 655. The van der Waals surface area contributed by atoms with Crippen LogP contribution in [0.4, 0.5) is 0 Å². The summed E-state index contributed by atoms with van der Waals surface area (Å²) in [5.41, 5.74) is -0.664. The minimum absolute atomic E-state index is 0.0454. The topological polar surface area (TPSA) is 78.6 Å². The highest BCUT2D eigenvalue weighted by atomic mass is 79.9. The number of hydrogen-bond donors (Lipinski definition) is 1. The van der Waals surface area contributed by atoms with E-state index in [1.807, 2.05) is 27.7 Å². The molecule has 0 amide bonds. The predicted molar refractivity (Wildman–Crippen MR) is 83.8 cm³/mol. The van der Waals surface area contributed by atoms with E-state index in [-0.39, 0.29) is 16.6 Å². The van der Waals surface area contributed by atoms with Crippen molar-refractivity contribution in [2.75, 3.05) is 0 Å². The summed E-state index contributed by atoms with van der Waals surface area (Å²) in [6, 6.07) is 4.48. The third-order valence-electron chi connectivity index (χ3n) is 3.49. The molecule has 118 valence electrons. The molecule has 0 spiro atoms. The highest BCUT2D eigenvalue weighted by Crippen LogP contribution is 2.40. The molecule has 21 heavy (non-hydrogen) atoms. The molecule has 0 bridgehead atoms. The molecule has 5 nitrogen and oxygen atoms in total. The van der Waals surface area contributed by atoms with Gasteiger partial charge in [-0.1, -0.05) is 0 Å². The lowest BCUT2D eigenvalue weighted by Gasteiger charge is -2.27. The Hall–Kier alpha value is -0.630. The molecular formula is C14H20BrNO4S. The first-order valence-corrected chi connectivity index (χ1v) is 8.94. The summed E-state index contributed by atoms with van der Waals surface area (Å²) >= 11 is 3.33. The van der Waals surface area contributed by atoms with Gasteiger partial charge >= 0.3 is 0 Å². The van der Waals surface area contributed by atoms with Crippen LogP contribution in [-0.4, -0.2) is 25.7 Å². The van der Waals surface area contributed by atoms with Gasteiger partial charge in [0.15, 0.2) is 0 Å². The van der Waals surface area contributed by atoms with Crippen molar-refractivity contribution in [1.29, 1.82) is 0 Å². The van der Waals surface area contributed by atoms with E-state index >= 15 is 0 Å². The van der Waals surface area contributed by atoms with E-state index < -0.39 is 15.6 Å². The zero-order valence-corrected chi connectivity index (χ0v) is 14.9. The largest absolute Gasteiger partial charge is 0.486 e. The van der Waals surface area contributed by atoms with Gasteiger partial charge in [0.05, 0.1) is 15.0 Å². The summed E-state index contributed by atoms with van der Waals surface area (Å²) in [4.78, 5) is 0.0454. The Labute approximate surface area is 134 Å². The van der Waals surface area contributed by atoms with Gasteiger partial charge in [-0.05, 0) is 61.8 Å². The number of rotatable bonds is 3. The van der Waals surface area contributed by atoms with Crippen molar-refractivity contribution >= 4 is 26.0 Å². The van der Waals surface area contributed by atoms with E-state index in [2.05, 4.69) is 15.9 Å². The molecule has 7 heteroatoms. The normalized spacial score (nSPS) is 24.0. The van der Waals surface area contributed by atoms with Crippen molar-refractivity contribution in [3.05, 3.63) is 22.7 Å². The highest BCUT2D eigenvalue weighted by molar-refractivity contribution is 9.10. The van der Waals surface area contributed by atoms with Crippen molar-refractivity contribution < 1.29 is 17.9 Å². The van der Waals surface area contributed by atoms with Gasteiger partial charge < -0.3 is 9.47 Å². The first kappa shape index (κ1) is 16.7. The van der Waals surface area contributed by atoms with Crippen LogP contribution in [0.2, 0.25) is 0 Å². The highest BCUT2D eigenvalue weighted by Gasteiger charge is 2.47. The number of halogens is 1. The minimum atomic E-state index is -3.72. The minimum Gasteiger partial charge on any atom is -0.486 e. The Kier molecular flexibility index (Phi) is 4.16. The van der Waals surface area contributed by atoms with Crippen molar-refractivity contribution in [2.45, 2.75) is 56.3 Å². The predicted octanol–water partition coefficient (Wildman–Crippen LogP) is 2.82. The maximum atomic E-state index is 11.3. The molecule has 1 atom stereocenters. The molecule has 2 N–H and O–H groups in total. The maximum Gasteiger partial charge on any atom is 0.238 e. The van der Waals surface area contributed by atoms with Gasteiger partial charge in [0.1, 0.15) is 17.5 Å². The number of hydrogen-bond acceptors (Lipinski definition) is 4. The number of primary sulfonamides is 1. The lowest BCUT2D eigenvalue weighted by atomic mass is 9.97. The lowest BCUT2D eigenvalue weighted by Crippen LogP contribution is -2.36. The molecule has 1 aromatic rings. The molecule has 1 saturated heterocycles. The van der Waals surface area contributed by atoms with Crippen LogP contribution in [-0.2, 0) is 14.8 Å². The quantitative estimate of drug-likeness (QED) is 0.877. The molecule has 1 fully saturated rings. The first-order chi connectivity index (χ1) is 9.41. The van der Waals surface area contributed by atoms with Crippen LogP contribution < -0.4 is 9.88 Å². The number of nitrogens with two attached hydrogens (primary N) is 1. The van der Waals surface area contributed by atoms with Crippen molar-refractivity contribution in [3.8, 4) is 5.75 Å². The SMILES string of the molecule is CC1(C)CC(Oc2ccc(S(N)(=O)=O)cc2Br)C(C)(C)O1. The Morgan fingerprint density at radius 1 is 1.33 bits per heavy atom.